The van der Waals surface area contributed by atoms with Crippen LogP contribution in [0, 0.1) is 0 Å². The van der Waals surface area contributed by atoms with Gasteiger partial charge in [0.25, 0.3) is 0 Å². The van der Waals surface area contributed by atoms with Gasteiger partial charge >= 0.3 is 0 Å². The molecule has 1 aliphatic rings. The second kappa shape index (κ2) is 5.89. The molecular formula is C10H21NOS. The molecule has 0 aromatic heterocycles. The molecule has 13 heavy (non-hydrogen) atoms. The third-order valence-electron chi connectivity index (χ3n) is 2.63. The molecule has 0 heterocycles. The monoisotopic (exact) mass is 203 g/mol. The van der Waals surface area contributed by atoms with Gasteiger partial charge in [0.05, 0.1) is 6.10 Å². The molecular weight excluding hydrogens is 182 g/mol. The third kappa shape index (κ3) is 4.34. The average Bonchev–Trinajstić information content (AvgIpc) is 2.09. The standard InChI is InChI=1S/C10H21NOS/c1-8(7-13-2)11-9-3-5-10(12)6-4-9/h8-12H,3-7H2,1-2H3. The molecule has 0 aliphatic heterocycles. The molecule has 0 saturated heterocycles. The third-order valence-corrected chi connectivity index (χ3v) is 3.47. The quantitative estimate of drug-likeness (QED) is 0.728. The Labute approximate surface area is 85.5 Å². The Kier molecular flexibility index (Phi) is 5.14. The maximum absolute atomic E-state index is 9.33. The lowest BCUT2D eigenvalue weighted by Crippen LogP contribution is -2.40. The van der Waals surface area contributed by atoms with Gasteiger partial charge in [-0.15, -0.1) is 0 Å². The summed E-state index contributed by atoms with van der Waals surface area (Å²) in [5.41, 5.74) is 0. The number of aliphatic hydroxyl groups is 1. The molecule has 0 amide bonds. The van der Waals surface area contributed by atoms with Gasteiger partial charge < -0.3 is 10.4 Å². The Balaban J connectivity index is 2.14. The van der Waals surface area contributed by atoms with E-state index in [1.54, 1.807) is 0 Å². The molecule has 2 N–H and O–H groups in total. The number of hydrogen-bond donors (Lipinski definition) is 2. The number of aliphatic hydroxyl groups excluding tert-OH is 1. The first-order valence-electron chi connectivity index (χ1n) is 5.15. The van der Waals surface area contributed by atoms with Crippen molar-refractivity contribution < 1.29 is 5.11 Å². The Hall–Kier alpha value is 0.270. The largest absolute Gasteiger partial charge is 0.393 e. The van der Waals surface area contributed by atoms with Crippen molar-refractivity contribution in [2.24, 2.45) is 0 Å². The second-order valence-corrected chi connectivity index (χ2v) is 4.94. The molecule has 1 fully saturated rings. The zero-order valence-corrected chi connectivity index (χ0v) is 9.44. The normalized spacial score (nSPS) is 31.6. The van der Waals surface area contributed by atoms with Crippen LogP contribution >= 0.6 is 11.8 Å². The van der Waals surface area contributed by atoms with Gasteiger partial charge in [-0.1, -0.05) is 0 Å². The van der Waals surface area contributed by atoms with Crippen molar-refractivity contribution in [3.05, 3.63) is 0 Å². The Morgan fingerprint density at radius 3 is 2.54 bits per heavy atom. The highest BCUT2D eigenvalue weighted by molar-refractivity contribution is 7.98. The van der Waals surface area contributed by atoms with E-state index < -0.39 is 0 Å². The van der Waals surface area contributed by atoms with Crippen LogP contribution in [0.25, 0.3) is 0 Å². The fourth-order valence-corrected chi connectivity index (χ4v) is 2.54. The number of hydrogen-bond acceptors (Lipinski definition) is 3. The van der Waals surface area contributed by atoms with Gasteiger partial charge in [-0.25, -0.2) is 0 Å². The first-order chi connectivity index (χ1) is 6.22. The molecule has 1 aliphatic carbocycles. The van der Waals surface area contributed by atoms with Crippen LogP contribution < -0.4 is 5.32 Å². The van der Waals surface area contributed by atoms with E-state index in [1.807, 2.05) is 11.8 Å². The maximum Gasteiger partial charge on any atom is 0.0541 e. The molecule has 0 aromatic carbocycles. The predicted molar refractivity (Wildman–Crippen MR) is 59.2 cm³/mol. The summed E-state index contributed by atoms with van der Waals surface area (Å²) < 4.78 is 0. The molecule has 0 bridgehead atoms. The summed E-state index contributed by atoms with van der Waals surface area (Å²) in [5.74, 6) is 1.18. The minimum Gasteiger partial charge on any atom is -0.393 e. The lowest BCUT2D eigenvalue weighted by molar-refractivity contribution is 0.115. The molecule has 0 spiro atoms. The summed E-state index contributed by atoms with van der Waals surface area (Å²) in [6.07, 6.45) is 6.34. The fraction of sp³-hybridized carbons (Fsp3) is 1.00. The highest BCUT2D eigenvalue weighted by atomic mass is 32.2. The minimum atomic E-state index is -0.0334. The van der Waals surface area contributed by atoms with E-state index in [-0.39, 0.29) is 6.10 Å². The van der Waals surface area contributed by atoms with Crippen LogP contribution in [0.2, 0.25) is 0 Å². The van der Waals surface area contributed by atoms with Gasteiger partial charge in [0.15, 0.2) is 0 Å². The molecule has 0 radical (unpaired) electrons. The predicted octanol–water partition coefficient (Wildman–Crippen LogP) is 1.63. The zero-order chi connectivity index (χ0) is 9.68. The van der Waals surface area contributed by atoms with Gasteiger partial charge in [-0.3, -0.25) is 0 Å². The summed E-state index contributed by atoms with van der Waals surface area (Å²) in [5, 5.41) is 12.9. The topological polar surface area (TPSA) is 32.3 Å². The van der Waals surface area contributed by atoms with E-state index in [9.17, 15) is 5.11 Å². The van der Waals surface area contributed by atoms with E-state index in [1.165, 1.54) is 5.75 Å². The smallest absolute Gasteiger partial charge is 0.0541 e. The van der Waals surface area contributed by atoms with Crippen LogP contribution in [-0.4, -0.2) is 35.3 Å². The highest BCUT2D eigenvalue weighted by Gasteiger charge is 2.19. The van der Waals surface area contributed by atoms with Gasteiger partial charge in [-0.05, 0) is 38.9 Å². The molecule has 1 rings (SSSR count). The maximum atomic E-state index is 9.33. The van der Waals surface area contributed by atoms with Crippen LogP contribution in [0.1, 0.15) is 32.6 Å². The summed E-state index contributed by atoms with van der Waals surface area (Å²) in [7, 11) is 0. The average molecular weight is 203 g/mol. The first-order valence-corrected chi connectivity index (χ1v) is 6.54. The number of thioether (sulfide) groups is 1. The van der Waals surface area contributed by atoms with E-state index in [4.69, 9.17) is 0 Å². The van der Waals surface area contributed by atoms with Gasteiger partial charge in [0.1, 0.15) is 0 Å². The summed E-state index contributed by atoms with van der Waals surface area (Å²) in [6.45, 7) is 2.24. The molecule has 2 nitrogen and oxygen atoms in total. The zero-order valence-electron chi connectivity index (χ0n) is 8.62. The van der Waals surface area contributed by atoms with Crippen molar-refractivity contribution in [2.45, 2.75) is 50.8 Å². The molecule has 1 saturated carbocycles. The Morgan fingerprint density at radius 1 is 1.38 bits per heavy atom. The van der Waals surface area contributed by atoms with E-state index >= 15 is 0 Å². The van der Waals surface area contributed by atoms with Gasteiger partial charge in [-0.2, -0.15) is 11.8 Å². The molecule has 1 atom stereocenters. The van der Waals surface area contributed by atoms with E-state index in [0.29, 0.717) is 12.1 Å². The van der Waals surface area contributed by atoms with Crippen LogP contribution in [0.5, 0.6) is 0 Å². The van der Waals surface area contributed by atoms with Crippen LogP contribution in [-0.2, 0) is 0 Å². The number of nitrogens with one attached hydrogen (secondary N) is 1. The van der Waals surface area contributed by atoms with Gasteiger partial charge in [0, 0.05) is 17.8 Å². The van der Waals surface area contributed by atoms with Crippen LogP contribution in [0.4, 0.5) is 0 Å². The van der Waals surface area contributed by atoms with Crippen LogP contribution in [0.3, 0.4) is 0 Å². The second-order valence-electron chi connectivity index (χ2n) is 4.03. The minimum absolute atomic E-state index is 0.0334. The van der Waals surface area contributed by atoms with Crippen molar-refractivity contribution in [1.82, 2.24) is 5.32 Å². The SMILES string of the molecule is CSCC(C)NC1CCC(O)CC1. The Bertz CT molecular complexity index is 135. The summed E-state index contributed by atoms with van der Waals surface area (Å²) in [4.78, 5) is 0. The highest BCUT2D eigenvalue weighted by Crippen LogP contribution is 2.18. The summed E-state index contributed by atoms with van der Waals surface area (Å²) in [6, 6.07) is 1.25. The van der Waals surface area contributed by atoms with Crippen molar-refractivity contribution in [3.63, 3.8) is 0 Å². The Morgan fingerprint density at radius 2 is 2.00 bits per heavy atom. The summed E-state index contributed by atoms with van der Waals surface area (Å²) >= 11 is 1.89. The first kappa shape index (κ1) is 11.3. The fourth-order valence-electron chi connectivity index (χ4n) is 1.94. The molecule has 1 unspecified atom stereocenters. The van der Waals surface area contributed by atoms with Crippen molar-refractivity contribution in [3.8, 4) is 0 Å². The molecule has 0 aromatic rings. The van der Waals surface area contributed by atoms with Gasteiger partial charge in [0.2, 0.25) is 0 Å². The van der Waals surface area contributed by atoms with Crippen molar-refractivity contribution >= 4 is 11.8 Å². The molecule has 3 heteroatoms. The van der Waals surface area contributed by atoms with E-state index in [0.717, 1.165) is 25.7 Å². The lowest BCUT2D eigenvalue weighted by Gasteiger charge is -2.28. The van der Waals surface area contributed by atoms with E-state index in [2.05, 4.69) is 18.5 Å². The van der Waals surface area contributed by atoms with Crippen molar-refractivity contribution in [2.75, 3.05) is 12.0 Å². The van der Waals surface area contributed by atoms with Crippen LogP contribution in [0.15, 0.2) is 0 Å². The van der Waals surface area contributed by atoms with Crippen molar-refractivity contribution in [1.29, 1.82) is 0 Å². The lowest BCUT2D eigenvalue weighted by atomic mass is 9.93. The molecule has 78 valence electrons. The number of rotatable bonds is 4.